The lowest BCUT2D eigenvalue weighted by Crippen LogP contribution is -2.30. The summed E-state index contributed by atoms with van der Waals surface area (Å²) in [5, 5.41) is 2.99. The number of hydrogen-bond donors (Lipinski definition) is 1. The summed E-state index contributed by atoms with van der Waals surface area (Å²) in [6, 6.07) is 24.4. The molecule has 0 bridgehead atoms. The molecule has 0 heterocycles. The summed E-state index contributed by atoms with van der Waals surface area (Å²) in [5.74, 6) is 0.526. The Bertz CT molecular complexity index is 955. The van der Waals surface area contributed by atoms with Gasteiger partial charge >= 0.3 is 0 Å². The van der Waals surface area contributed by atoms with Crippen molar-refractivity contribution in [2.24, 2.45) is 0 Å². The maximum absolute atomic E-state index is 12.6. The molecule has 29 heavy (non-hydrogen) atoms. The van der Waals surface area contributed by atoms with Crippen LogP contribution in [0.15, 0.2) is 72.8 Å². The average Bonchev–Trinajstić information content (AvgIpc) is 2.71. The van der Waals surface area contributed by atoms with Crippen LogP contribution in [0.25, 0.3) is 0 Å². The van der Waals surface area contributed by atoms with Gasteiger partial charge in [0.05, 0.1) is 0 Å². The van der Waals surface area contributed by atoms with Crippen LogP contribution in [0.2, 0.25) is 0 Å². The number of ether oxygens (including phenoxy) is 1. The molecular formula is C26H29NO2. The van der Waals surface area contributed by atoms with Gasteiger partial charge in [-0.2, -0.15) is 0 Å². The molecule has 3 heteroatoms. The van der Waals surface area contributed by atoms with Crippen LogP contribution >= 0.6 is 0 Å². The predicted molar refractivity (Wildman–Crippen MR) is 120 cm³/mol. The quantitative estimate of drug-likeness (QED) is 0.560. The van der Waals surface area contributed by atoms with Crippen molar-refractivity contribution in [3.05, 3.63) is 95.1 Å². The van der Waals surface area contributed by atoms with Crippen LogP contribution in [-0.4, -0.2) is 12.0 Å². The highest BCUT2D eigenvalue weighted by molar-refractivity contribution is 5.95. The van der Waals surface area contributed by atoms with Gasteiger partial charge in [-0.25, -0.2) is 0 Å². The summed E-state index contributed by atoms with van der Waals surface area (Å²) in [7, 11) is 0. The second-order valence-electron chi connectivity index (χ2n) is 8.03. The largest absolute Gasteiger partial charge is 0.481 e. The van der Waals surface area contributed by atoms with Gasteiger partial charge in [-0.15, -0.1) is 0 Å². The number of benzene rings is 3. The molecule has 0 saturated carbocycles. The lowest BCUT2D eigenvalue weighted by atomic mass is 9.78. The highest BCUT2D eigenvalue weighted by atomic mass is 16.5. The minimum atomic E-state index is -0.595. The Morgan fingerprint density at radius 1 is 0.828 bits per heavy atom. The van der Waals surface area contributed by atoms with E-state index in [2.05, 4.69) is 55.6 Å². The molecule has 0 radical (unpaired) electrons. The lowest BCUT2D eigenvalue weighted by molar-refractivity contribution is -0.122. The van der Waals surface area contributed by atoms with Gasteiger partial charge in [0, 0.05) is 11.1 Å². The van der Waals surface area contributed by atoms with Crippen molar-refractivity contribution >= 4 is 11.6 Å². The molecule has 0 aliphatic heterocycles. The molecule has 0 saturated heterocycles. The van der Waals surface area contributed by atoms with Gasteiger partial charge in [0.1, 0.15) is 5.75 Å². The van der Waals surface area contributed by atoms with Crippen LogP contribution in [0.5, 0.6) is 5.75 Å². The van der Waals surface area contributed by atoms with E-state index < -0.39 is 6.10 Å². The molecule has 3 rings (SSSR count). The number of nitrogens with one attached hydrogen (secondary N) is 1. The van der Waals surface area contributed by atoms with E-state index in [4.69, 9.17) is 4.74 Å². The van der Waals surface area contributed by atoms with Gasteiger partial charge < -0.3 is 10.1 Å². The van der Waals surface area contributed by atoms with Crippen molar-refractivity contribution in [2.45, 2.75) is 46.1 Å². The van der Waals surface area contributed by atoms with Crippen molar-refractivity contribution in [1.29, 1.82) is 0 Å². The van der Waals surface area contributed by atoms with E-state index in [1.807, 2.05) is 50.2 Å². The number of carbonyl (C=O) groups excluding carboxylic acids is 1. The SMILES string of the molecule is Cc1cccc(C)c1NC(=O)C(C)Oc1ccc(C(C)(C)c2ccccc2)cc1. The van der Waals surface area contributed by atoms with Gasteiger partial charge in [-0.05, 0) is 55.2 Å². The normalized spacial score (nSPS) is 12.3. The summed E-state index contributed by atoms with van der Waals surface area (Å²) < 4.78 is 5.89. The Labute approximate surface area is 173 Å². The standard InChI is InChI=1S/C26H29NO2/c1-18-10-9-11-19(2)24(18)27-25(28)20(3)29-23-16-14-22(15-17-23)26(4,5)21-12-7-6-8-13-21/h6-17,20H,1-5H3,(H,27,28). The third-order valence-electron chi connectivity index (χ3n) is 5.48. The summed E-state index contributed by atoms with van der Waals surface area (Å²) in [6.45, 7) is 10.2. The molecule has 150 valence electrons. The van der Waals surface area contributed by atoms with E-state index in [1.54, 1.807) is 6.92 Å². The van der Waals surface area contributed by atoms with Crippen molar-refractivity contribution in [2.75, 3.05) is 5.32 Å². The molecule has 3 aromatic rings. The van der Waals surface area contributed by atoms with Gasteiger partial charge in [-0.1, -0.05) is 74.5 Å². The molecule has 1 unspecified atom stereocenters. The predicted octanol–water partition coefficient (Wildman–Crippen LogP) is 6.04. The highest BCUT2D eigenvalue weighted by Crippen LogP contribution is 2.32. The van der Waals surface area contributed by atoms with E-state index in [1.165, 1.54) is 11.1 Å². The van der Waals surface area contributed by atoms with E-state index in [0.717, 1.165) is 16.8 Å². The lowest BCUT2D eigenvalue weighted by Gasteiger charge is -2.26. The van der Waals surface area contributed by atoms with Crippen LogP contribution in [0.4, 0.5) is 5.69 Å². The summed E-state index contributed by atoms with van der Waals surface area (Å²) in [6.07, 6.45) is -0.595. The van der Waals surface area contributed by atoms with Gasteiger partial charge in [0.2, 0.25) is 0 Å². The molecule has 3 nitrogen and oxygen atoms in total. The Morgan fingerprint density at radius 2 is 1.38 bits per heavy atom. The maximum Gasteiger partial charge on any atom is 0.265 e. The number of hydrogen-bond acceptors (Lipinski definition) is 2. The van der Waals surface area contributed by atoms with Crippen LogP contribution in [0, 0.1) is 13.8 Å². The van der Waals surface area contributed by atoms with Crippen LogP contribution in [-0.2, 0) is 10.2 Å². The first-order valence-electron chi connectivity index (χ1n) is 9.99. The van der Waals surface area contributed by atoms with E-state index in [9.17, 15) is 4.79 Å². The van der Waals surface area contributed by atoms with Crippen molar-refractivity contribution < 1.29 is 9.53 Å². The maximum atomic E-state index is 12.6. The summed E-state index contributed by atoms with van der Waals surface area (Å²) in [4.78, 5) is 12.6. The zero-order valence-electron chi connectivity index (χ0n) is 17.8. The topological polar surface area (TPSA) is 38.3 Å². The van der Waals surface area contributed by atoms with E-state index in [-0.39, 0.29) is 11.3 Å². The minimum absolute atomic E-state index is 0.106. The molecule has 0 aliphatic carbocycles. The Balaban J connectivity index is 1.68. The number of aryl methyl sites for hydroxylation is 2. The smallest absolute Gasteiger partial charge is 0.265 e. The fourth-order valence-corrected chi connectivity index (χ4v) is 3.47. The Hall–Kier alpha value is -3.07. The van der Waals surface area contributed by atoms with Gasteiger partial charge in [-0.3, -0.25) is 4.79 Å². The van der Waals surface area contributed by atoms with Crippen molar-refractivity contribution in [3.63, 3.8) is 0 Å². The third-order valence-corrected chi connectivity index (χ3v) is 5.48. The number of para-hydroxylation sites is 1. The highest BCUT2D eigenvalue weighted by Gasteiger charge is 2.23. The molecule has 0 aromatic heterocycles. The first kappa shape index (κ1) is 20.7. The first-order chi connectivity index (χ1) is 13.8. The summed E-state index contributed by atoms with van der Waals surface area (Å²) in [5.41, 5.74) is 5.29. The van der Waals surface area contributed by atoms with Crippen molar-refractivity contribution in [3.8, 4) is 5.75 Å². The van der Waals surface area contributed by atoms with Crippen LogP contribution in [0.3, 0.4) is 0 Å². The Kier molecular flexibility index (Phi) is 6.07. The molecule has 1 N–H and O–H groups in total. The minimum Gasteiger partial charge on any atom is -0.481 e. The molecule has 0 aliphatic rings. The fourth-order valence-electron chi connectivity index (χ4n) is 3.47. The van der Waals surface area contributed by atoms with E-state index >= 15 is 0 Å². The second-order valence-corrected chi connectivity index (χ2v) is 8.03. The monoisotopic (exact) mass is 387 g/mol. The molecular weight excluding hydrogens is 358 g/mol. The van der Waals surface area contributed by atoms with Crippen LogP contribution in [0.1, 0.15) is 43.0 Å². The fraction of sp³-hybridized carbons (Fsp3) is 0.269. The average molecular weight is 388 g/mol. The van der Waals surface area contributed by atoms with Gasteiger partial charge in [0.15, 0.2) is 6.10 Å². The molecule has 0 fully saturated rings. The molecule has 0 spiro atoms. The molecule has 1 amide bonds. The number of rotatable bonds is 6. The molecule has 3 aromatic carbocycles. The van der Waals surface area contributed by atoms with E-state index in [0.29, 0.717) is 5.75 Å². The van der Waals surface area contributed by atoms with Crippen molar-refractivity contribution in [1.82, 2.24) is 0 Å². The molecule has 1 atom stereocenters. The number of carbonyl (C=O) groups is 1. The third kappa shape index (κ3) is 4.68. The van der Waals surface area contributed by atoms with Crippen LogP contribution < -0.4 is 10.1 Å². The summed E-state index contributed by atoms with van der Waals surface area (Å²) >= 11 is 0. The number of anilines is 1. The number of amides is 1. The zero-order chi connectivity index (χ0) is 21.0. The van der Waals surface area contributed by atoms with Gasteiger partial charge in [0.25, 0.3) is 5.91 Å². The first-order valence-corrected chi connectivity index (χ1v) is 9.99. The Morgan fingerprint density at radius 3 is 1.97 bits per heavy atom. The second kappa shape index (κ2) is 8.52. The zero-order valence-corrected chi connectivity index (χ0v) is 17.8.